The molecule has 9 nitrogen and oxygen atoms in total. The second kappa shape index (κ2) is 7.58. The quantitative estimate of drug-likeness (QED) is 0.452. The Kier molecular flexibility index (Phi) is 4.60. The van der Waals surface area contributed by atoms with Crippen LogP contribution in [0, 0.1) is 0 Å². The van der Waals surface area contributed by atoms with Crippen molar-refractivity contribution in [3.8, 4) is 28.5 Å². The molecule has 0 saturated heterocycles. The number of rotatable bonds is 5. The standard InChI is InChI=1S/C21H17FN8O/c22-12-29-10-18(27-28-29)16-7-8-17-21(25-16)30(14-5-3-13(11-31)4-6-14)20(26-17)15-2-1-9-24-19(15)23/h1-10,31H,11-12H2,(H2,23,24). The number of benzene rings is 1. The maximum absolute atomic E-state index is 12.9. The number of nitrogens with zero attached hydrogens (tertiary/aromatic N) is 7. The van der Waals surface area contributed by atoms with Crippen LogP contribution >= 0.6 is 0 Å². The number of nitrogens with two attached hydrogens (primary N) is 1. The fourth-order valence-electron chi connectivity index (χ4n) is 3.36. The van der Waals surface area contributed by atoms with Crippen LogP contribution in [0.25, 0.3) is 39.6 Å². The third-order valence-corrected chi connectivity index (χ3v) is 4.88. The average molecular weight is 416 g/mol. The van der Waals surface area contributed by atoms with Crippen LogP contribution in [0.1, 0.15) is 5.56 Å². The van der Waals surface area contributed by atoms with E-state index in [1.165, 1.54) is 6.20 Å². The molecule has 0 saturated carbocycles. The van der Waals surface area contributed by atoms with Gasteiger partial charge in [0.2, 0.25) is 0 Å². The van der Waals surface area contributed by atoms with Crippen LogP contribution < -0.4 is 5.73 Å². The first-order chi connectivity index (χ1) is 15.2. The Morgan fingerprint density at radius 3 is 2.55 bits per heavy atom. The van der Waals surface area contributed by atoms with Gasteiger partial charge < -0.3 is 10.8 Å². The first kappa shape index (κ1) is 18.8. The summed E-state index contributed by atoms with van der Waals surface area (Å²) in [5, 5.41) is 17.1. The van der Waals surface area contributed by atoms with Gasteiger partial charge in [-0.1, -0.05) is 17.3 Å². The van der Waals surface area contributed by atoms with Crippen LogP contribution in [0.3, 0.4) is 0 Å². The van der Waals surface area contributed by atoms with Crippen molar-refractivity contribution >= 4 is 17.0 Å². The zero-order valence-corrected chi connectivity index (χ0v) is 16.2. The molecule has 0 unspecified atom stereocenters. The molecule has 0 aliphatic carbocycles. The zero-order chi connectivity index (χ0) is 21.4. The molecule has 0 amide bonds. The summed E-state index contributed by atoms with van der Waals surface area (Å²) in [6.07, 6.45) is 3.11. The molecular weight excluding hydrogens is 399 g/mol. The summed E-state index contributed by atoms with van der Waals surface area (Å²) >= 11 is 0. The first-order valence-corrected chi connectivity index (χ1v) is 9.45. The highest BCUT2D eigenvalue weighted by Gasteiger charge is 2.19. The van der Waals surface area contributed by atoms with Crippen LogP contribution in [-0.2, 0) is 13.4 Å². The molecule has 0 spiro atoms. The third kappa shape index (κ3) is 3.28. The fourth-order valence-corrected chi connectivity index (χ4v) is 3.36. The van der Waals surface area contributed by atoms with Crippen molar-refractivity contribution in [2.45, 2.75) is 13.4 Å². The molecule has 5 rings (SSSR count). The van der Waals surface area contributed by atoms with Gasteiger partial charge in [0, 0.05) is 11.9 Å². The number of halogens is 1. The Bertz CT molecular complexity index is 1380. The van der Waals surface area contributed by atoms with Gasteiger partial charge in [0.1, 0.15) is 17.0 Å². The molecule has 0 aliphatic heterocycles. The number of imidazole rings is 1. The lowest BCUT2D eigenvalue weighted by Crippen LogP contribution is -2.02. The predicted octanol–water partition coefficient (Wildman–Crippen LogP) is 2.74. The maximum atomic E-state index is 12.9. The molecule has 0 bridgehead atoms. The molecule has 3 N–H and O–H groups in total. The smallest absolute Gasteiger partial charge is 0.183 e. The summed E-state index contributed by atoms with van der Waals surface area (Å²) in [4.78, 5) is 13.7. The number of aliphatic hydroxyl groups is 1. The molecule has 0 aliphatic rings. The van der Waals surface area contributed by atoms with Gasteiger partial charge in [-0.25, -0.2) is 24.0 Å². The largest absolute Gasteiger partial charge is 0.392 e. The number of aliphatic hydroxyl groups excluding tert-OH is 1. The minimum absolute atomic E-state index is 0.0556. The third-order valence-electron chi connectivity index (χ3n) is 4.88. The van der Waals surface area contributed by atoms with E-state index in [9.17, 15) is 9.50 Å². The van der Waals surface area contributed by atoms with Crippen molar-refractivity contribution in [1.29, 1.82) is 0 Å². The van der Waals surface area contributed by atoms with Crippen molar-refractivity contribution in [3.05, 3.63) is 66.5 Å². The summed E-state index contributed by atoms with van der Waals surface area (Å²) in [6, 6.07) is 14.6. The van der Waals surface area contributed by atoms with Gasteiger partial charge in [-0.2, -0.15) is 0 Å². The Morgan fingerprint density at radius 1 is 1.00 bits per heavy atom. The van der Waals surface area contributed by atoms with E-state index >= 15 is 0 Å². The molecule has 5 aromatic rings. The molecule has 4 heterocycles. The van der Waals surface area contributed by atoms with E-state index in [1.807, 2.05) is 41.0 Å². The van der Waals surface area contributed by atoms with Gasteiger partial charge in [0.05, 0.1) is 24.1 Å². The van der Waals surface area contributed by atoms with Crippen LogP contribution in [0.2, 0.25) is 0 Å². The van der Waals surface area contributed by atoms with Crippen molar-refractivity contribution < 1.29 is 9.50 Å². The second-order valence-electron chi connectivity index (χ2n) is 6.83. The average Bonchev–Trinajstić information content (AvgIpc) is 3.44. The Hall–Kier alpha value is -4.18. The van der Waals surface area contributed by atoms with Gasteiger partial charge in [-0.15, -0.1) is 5.10 Å². The maximum Gasteiger partial charge on any atom is 0.183 e. The number of anilines is 1. The molecule has 10 heteroatoms. The first-order valence-electron chi connectivity index (χ1n) is 9.45. The van der Waals surface area contributed by atoms with Gasteiger partial charge in [0.15, 0.2) is 18.3 Å². The van der Waals surface area contributed by atoms with E-state index in [4.69, 9.17) is 15.7 Å². The van der Waals surface area contributed by atoms with Crippen molar-refractivity contribution in [2.75, 3.05) is 5.73 Å². The molecule has 31 heavy (non-hydrogen) atoms. The second-order valence-corrected chi connectivity index (χ2v) is 6.83. The Balaban J connectivity index is 1.76. The van der Waals surface area contributed by atoms with E-state index in [2.05, 4.69) is 15.3 Å². The normalized spacial score (nSPS) is 11.3. The van der Waals surface area contributed by atoms with Crippen molar-refractivity contribution in [3.63, 3.8) is 0 Å². The summed E-state index contributed by atoms with van der Waals surface area (Å²) in [5.41, 5.74) is 10.6. The van der Waals surface area contributed by atoms with Gasteiger partial charge >= 0.3 is 0 Å². The summed E-state index contributed by atoms with van der Waals surface area (Å²) < 4.78 is 15.8. The number of alkyl halides is 1. The van der Waals surface area contributed by atoms with E-state index in [0.29, 0.717) is 39.8 Å². The van der Waals surface area contributed by atoms with Crippen molar-refractivity contribution in [2.24, 2.45) is 0 Å². The number of nitrogen functional groups attached to an aromatic ring is 1. The number of fused-ring (bicyclic) bond motifs is 1. The highest BCUT2D eigenvalue weighted by atomic mass is 19.1. The predicted molar refractivity (Wildman–Crippen MR) is 113 cm³/mol. The minimum Gasteiger partial charge on any atom is -0.392 e. The highest BCUT2D eigenvalue weighted by molar-refractivity contribution is 5.84. The van der Waals surface area contributed by atoms with Crippen LogP contribution in [-0.4, -0.2) is 39.6 Å². The molecule has 4 aromatic heterocycles. The minimum atomic E-state index is -0.769. The SMILES string of the molecule is Nc1ncccc1-c1nc2ccc(-c3cn(CF)nn3)nc2n1-c1ccc(CO)cc1. The van der Waals surface area contributed by atoms with Crippen LogP contribution in [0.15, 0.2) is 60.9 Å². The van der Waals surface area contributed by atoms with Crippen molar-refractivity contribution in [1.82, 2.24) is 34.5 Å². The number of hydrogen-bond acceptors (Lipinski definition) is 7. The molecule has 0 radical (unpaired) electrons. The molecular formula is C21H17FN8O. The number of pyridine rings is 2. The van der Waals surface area contributed by atoms with Crippen LogP contribution in [0.4, 0.5) is 10.2 Å². The summed E-state index contributed by atoms with van der Waals surface area (Å²) in [7, 11) is 0. The van der Waals surface area contributed by atoms with E-state index in [-0.39, 0.29) is 6.61 Å². The van der Waals surface area contributed by atoms with Gasteiger partial charge in [0.25, 0.3) is 0 Å². The molecule has 154 valence electrons. The fraction of sp³-hybridized carbons (Fsp3) is 0.0952. The molecule has 0 atom stereocenters. The summed E-state index contributed by atoms with van der Waals surface area (Å²) in [5.74, 6) is 0.923. The Morgan fingerprint density at radius 2 is 1.84 bits per heavy atom. The summed E-state index contributed by atoms with van der Waals surface area (Å²) in [6.45, 7) is -0.825. The van der Waals surface area contributed by atoms with E-state index in [0.717, 1.165) is 15.9 Å². The number of hydrogen-bond donors (Lipinski definition) is 2. The number of aromatic nitrogens is 7. The lowest BCUT2D eigenvalue weighted by molar-refractivity contribution is 0.282. The topological polar surface area (TPSA) is 121 Å². The van der Waals surface area contributed by atoms with E-state index < -0.39 is 6.80 Å². The zero-order valence-electron chi connectivity index (χ0n) is 16.2. The Labute approximate surface area is 175 Å². The van der Waals surface area contributed by atoms with E-state index in [1.54, 1.807) is 18.3 Å². The highest BCUT2D eigenvalue weighted by Crippen LogP contribution is 2.31. The monoisotopic (exact) mass is 416 g/mol. The van der Waals surface area contributed by atoms with Crippen LogP contribution in [0.5, 0.6) is 0 Å². The van der Waals surface area contributed by atoms with Gasteiger partial charge in [-0.3, -0.25) is 4.57 Å². The lowest BCUT2D eigenvalue weighted by atomic mass is 10.2. The van der Waals surface area contributed by atoms with Gasteiger partial charge in [-0.05, 0) is 42.0 Å². The molecule has 1 aromatic carbocycles. The molecule has 0 fully saturated rings. The lowest BCUT2D eigenvalue weighted by Gasteiger charge is -2.11.